The SMILES string of the molecule is Cc1c(Cl)cccc1NC(=O)N1CCC[C@H](CNC(=O)c2cccnc2)C1. The minimum Gasteiger partial charge on any atom is -0.352 e. The van der Waals surface area contributed by atoms with Crippen LogP contribution in [0.1, 0.15) is 28.8 Å². The van der Waals surface area contributed by atoms with Crippen LogP contribution in [0.15, 0.2) is 42.7 Å². The Morgan fingerprint density at radius 1 is 1.30 bits per heavy atom. The molecule has 1 fully saturated rings. The van der Waals surface area contributed by atoms with Crippen LogP contribution < -0.4 is 10.6 Å². The average Bonchev–Trinajstić information content (AvgIpc) is 2.70. The number of amides is 3. The minimum atomic E-state index is -0.140. The number of rotatable bonds is 4. The number of anilines is 1. The largest absolute Gasteiger partial charge is 0.352 e. The Bertz CT molecular complexity index is 813. The zero-order valence-corrected chi connectivity index (χ0v) is 16.0. The van der Waals surface area contributed by atoms with Crippen LogP contribution in [0.3, 0.4) is 0 Å². The van der Waals surface area contributed by atoms with Crippen LogP contribution in [-0.4, -0.2) is 41.5 Å². The highest BCUT2D eigenvalue weighted by Gasteiger charge is 2.24. The van der Waals surface area contributed by atoms with Crippen LogP contribution in [-0.2, 0) is 0 Å². The van der Waals surface area contributed by atoms with E-state index in [1.54, 1.807) is 35.5 Å². The lowest BCUT2D eigenvalue weighted by Gasteiger charge is -2.33. The van der Waals surface area contributed by atoms with Crippen molar-refractivity contribution in [2.24, 2.45) is 5.92 Å². The molecule has 2 aromatic rings. The molecule has 7 heteroatoms. The summed E-state index contributed by atoms with van der Waals surface area (Å²) in [5, 5.41) is 6.51. The van der Waals surface area contributed by atoms with E-state index in [0.29, 0.717) is 30.2 Å². The first-order valence-corrected chi connectivity index (χ1v) is 9.41. The molecule has 27 heavy (non-hydrogen) atoms. The van der Waals surface area contributed by atoms with Crippen LogP contribution in [0.5, 0.6) is 0 Å². The van der Waals surface area contributed by atoms with Crippen molar-refractivity contribution in [2.45, 2.75) is 19.8 Å². The zero-order valence-electron chi connectivity index (χ0n) is 15.2. The van der Waals surface area contributed by atoms with E-state index in [2.05, 4.69) is 15.6 Å². The Hall–Kier alpha value is -2.60. The van der Waals surface area contributed by atoms with Crippen molar-refractivity contribution >= 4 is 29.2 Å². The lowest BCUT2D eigenvalue weighted by atomic mass is 9.98. The predicted molar refractivity (Wildman–Crippen MR) is 106 cm³/mol. The molecule has 6 nitrogen and oxygen atoms in total. The summed E-state index contributed by atoms with van der Waals surface area (Å²) < 4.78 is 0. The van der Waals surface area contributed by atoms with E-state index in [-0.39, 0.29) is 17.9 Å². The number of nitrogens with zero attached hydrogens (tertiary/aromatic N) is 2. The number of likely N-dealkylation sites (tertiary alicyclic amines) is 1. The van der Waals surface area contributed by atoms with Gasteiger partial charge in [0.2, 0.25) is 0 Å². The lowest BCUT2D eigenvalue weighted by Crippen LogP contribution is -2.45. The van der Waals surface area contributed by atoms with Crippen molar-refractivity contribution in [2.75, 3.05) is 25.0 Å². The Morgan fingerprint density at radius 3 is 2.93 bits per heavy atom. The van der Waals surface area contributed by atoms with E-state index in [1.807, 2.05) is 19.1 Å². The first-order chi connectivity index (χ1) is 13.0. The summed E-state index contributed by atoms with van der Waals surface area (Å²) in [5.41, 5.74) is 2.11. The van der Waals surface area contributed by atoms with Crippen molar-refractivity contribution in [1.82, 2.24) is 15.2 Å². The molecule has 0 unspecified atom stereocenters. The Balaban J connectivity index is 1.53. The molecule has 1 aliphatic heterocycles. The third-order valence-corrected chi connectivity index (χ3v) is 5.20. The van der Waals surface area contributed by atoms with Crippen LogP contribution in [0, 0.1) is 12.8 Å². The number of hydrogen-bond donors (Lipinski definition) is 2. The van der Waals surface area contributed by atoms with Crippen LogP contribution in [0.25, 0.3) is 0 Å². The second-order valence-corrected chi connectivity index (χ2v) is 7.16. The van der Waals surface area contributed by atoms with Crippen molar-refractivity contribution in [3.05, 3.63) is 58.9 Å². The van der Waals surface area contributed by atoms with Gasteiger partial charge < -0.3 is 15.5 Å². The number of carbonyl (C=O) groups is 2. The molecule has 1 aromatic heterocycles. The molecule has 3 amide bonds. The Kier molecular flexibility index (Phi) is 6.29. The topological polar surface area (TPSA) is 74.3 Å². The second-order valence-electron chi connectivity index (χ2n) is 6.75. The van der Waals surface area contributed by atoms with E-state index in [1.165, 1.54) is 0 Å². The lowest BCUT2D eigenvalue weighted by molar-refractivity contribution is 0.0938. The number of urea groups is 1. The van der Waals surface area contributed by atoms with Gasteiger partial charge in [0.1, 0.15) is 0 Å². The van der Waals surface area contributed by atoms with Gasteiger partial charge in [-0.1, -0.05) is 17.7 Å². The second kappa shape index (κ2) is 8.86. The van der Waals surface area contributed by atoms with Gasteiger partial charge >= 0.3 is 6.03 Å². The summed E-state index contributed by atoms with van der Waals surface area (Å²) in [5.74, 6) is 0.0878. The van der Waals surface area contributed by atoms with Gasteiger partial charge in [-0.25, -0.2) is 4.79 Å². The van der Waals surface area contributed by atoms with Gasteiger partial charge in [-0.2, -0.15) is 0 Å². The van der Waals surface area contributed by atoms with E-state index < -0.39 is 0 Å². The molecule has 0 saturated carbocycles. The maximum Gasteiger partial charge on any atom is 0.321 e. The highest BCUT2D eigenvalue weighted by molar-refractivity contribution is 6.31. The highest BCUT2D eigenvalue weighted by atomic mass is 35.5. The number of aromatic nitrogens is 1. The van der Waals surface area contributed by atoms with Crippen LogP contribution in [0.2, 0.25) is 5.02 Å². The molecule has 0 radical (unpaired) electrons. The average molecular weight is 387 g/mol. The number of carbonyl (C=O) groups excluding carboxylic acids is 2. The summed E-state index contributed by atoms with van der Waals surface area (Å²) in [6.07, 6.45) is 5.07. The zero-order chi connectivity index (χ0) is 19.2. The fourth-order valence-corrected chi connectivity index (χ4v) is 3.36. The molecule has 142 valence electrons. The molecular formula is C20H23ClN4O2. The molecule has 0 spiro atoms. The molecule has 1 atom stereocenters. The van der Waals surface area contributed by atoms with E-state index >= 15 is 0 Å². The normalized spacial score (nSPS) is 16.7. The molecule has 0 bridgehead atoms. The van der Waals surface area contributed by atoms with Crippen LogP contribution in [0.4, 0.5) is 10.5 Å². The molecule has 1 aliphatic rings. The number of hydrogen-bond acceptors (Lipinski definition) is 3. The van der Waals surface area contributed by atoms with Gasteiger partial charge in [0, 0.05) is 42.7 Å². The van der Waals surface area contributed by atoms with E-state index in [9.17, 15) is 9.59 Å². The molecule has 2 heterocycles. The Labute approximate surface area is 163 Å². The predicted octanol–water partition coefficient (Wildman–Crippen LogP) is 3.72. The standard InChI is InChI=1S/C20H23ClN4O2/c1-14-17(21)7-2-8-18(14)24-20(27)25-10-4-5-15(13-25)11-23-19(26)16-6-3-9-22-12-16/h2-3,6-9,12,15H,4-5,10-11,13H2,1H3,(H,23,26)(H,24,27)/t15-/m1/s1. The first-order valence-electron chi connectivity index (χ1n) is 9.04. The van der Waals surface area contributed by atoms with Crippen molar-refractivity contribution in [1.29, 1.82) is 0 Å². The fourth-order valence-electron chi connectivity index (χ4n) is 3.19. The van der Waals surface area contributed by atoms with Gasteiger partial charge in [0.15, 0.2) is 0 Å². The summed E-state index contributed by atoms with van der Waals surface area (Å²) in [4.78, 5) is 30.5. The van der Waals surface area contributed by atoms with E-state index in [4.69, 9.17) is 11.6 Å². The number of piperidine rings is 1. The van der Waals surface area contributed by atoms with Crippen molar-refractivity contribution < 1.29 is 9.59 Å². The monoisotopic (exact) mass is 386 g/mol. The van der Waals surface area contributed by atoms with Crippen LogP contribution >= 0.6 is 11.6 Å². The maximum atomic E-state index is 12.6. The fraction of sp³-hybridized carbons (Fsp3) is 0.350. The summed E-state index contributed by atoms with van der Waals surface area (Å²) in [6.45, 7) is 3.73. The Morgan fingerprint density at radius 2 is 2.15 bits per heavy atom. The third-order valence-electron chi connectivity index (χ3n) is 4.79. The number of nitrogens with one attached hydrogen (secondary N) is 2. The maximum absolute atomic E-state index is 12.6. The summed E-state index contributed by atoms with van der Waals surface area (Å²) in [7, 11) is 0. The summed E-state index contributed by atoms with van der Waals surface area (Å²) in [6, 6.07) is 8.79. The molecule has 2 N–H and O–H groups in total. The molecular weight excluding hydrogens is 364 g/mol. The van der Waals surface area contributed by atoms with Gasteiger partial charge in [0.25, 0.3) is 5.91 Å². The summed E-state index contributed by atoms with van der Waals surface area (Å²) >= 11 is 6.12. The smallest absolute Gasteiger partial charge is 0.321 e. The van der Waals surface area contributed by atoms with Crippen molar-refractivity contribution in [3.63, 3.8) is 0 Å². The molecule has 0 aliphatic carbocycles. The number of benzene rings is 1. The minimum absolute atomic E-state index is 0.136. The van der Waals surface area contributed by atoms with Gasteiger partial charge in [-0.3, -0.25) is 9.78 Å². The highest BCUT2D eigenvalue weighted by Crippen LogP contribution is 2.24. The first kappa shape index (κ1) is 19.2. The molecule has 1 saturated heterocycles. The number of halogens is 1. The molecule has 1 aromatic carbocycles. The van der Waals surface area contributed by atoms with Gasteiger partial charge in [0.05, 0.1) is 5.56 Å². The molecule has 3 rings (SSSR count). The van der Waals surface area contributed by atoms with E-state index in [0.717, 1.165) is 24.1 Å². The number of pyridine rings is 1. The third kappa shape index (κ3) is 4.98. The quantitative estimate of drug-likeness (QED) is 0.840. The van der Waals surface area contributed by atoms with Gasteiger partial charge in [-0.05, 0) is 55.5 Å². The van der Waals surface area contributed by atoms with Gasteiger partial charge in [-0.15, -0.1) is 0 Å². The van der Waals surface area contributed by atoms with Crippen molar-refractivity contribution in [3.8, 4) is 0 Å².